The monoisotopic (exact) mass is 405 g/mol. The minimum Gasteiger partial charge on any atom is -0.488 e. The molecule has 0 amide bonds. The molecule has 3 rings (SSSR count). The molecule has 2 aromatic carbocycles. The first-order valence-corrected chi connectivity index (χ1v) is 8.29. The van der Waals surface area contributed by atoms with Crippen LogP contribution in [-0.4, -0.2) is 12.6 Å². The zero-order chi connectivity index (χ0) is 15.0. The Bertz CT molecular complexity index is 693. The van der Waals surface area contributed by atoms with Gasteiger partial charge in [-0.1, -0.05) is 34.8 Å². The van der Waals surface area contributed by atoms with Crippen molar-refractivity contribution in [3.05, 3.63) is 55.4 Å². The third-order valence-corrected chi connectivity index (χ3v) is 5.33. The van der Waals surface area contributed by atoms with Gasteiger partial charge >= 0.3 is 0 Å². The van der Waals surface area contributed by atoms with E-state index in [0.29, 0.717) is 16.6 Å². The van der Waals surface area contributed by atoms with Crippen LogP contribution in [0.3, 0.4) is 0 Å². The number of hydrogen-bond donors (Lipinski definition) is 1. The van der Waals surface area contributed by atoms with Gasteiger partial charge in [0.1, 0.15) is 11.9 Å². The van der Waals surface area contributed by atoms with E-state index < -0.39 is 0 Å². The number of benzene rings is 2. The number of halogens is 4. The second-order valence-electron chi connectivity index (χ2n) is 4.80. The summed E-state index contributed by atoms with van der Waals surface area (Å²) < 4.78 is 6.65. The molecular weight excluding hydrogens is 396 g/mol. The van der Waals surface area contributed by atoms with Crippen LogP contribution in [0.25, 0.3) is 0 Å². The Labute approximate surface area is 146 Å². The van der Waals surface area contributed by atoms with E-state index in [0.717, 1.165) is 32.9 Å². The molecule has 21 heavy (non-hydrogen) atoms. The molecule has 110 valence electrons. The highest BCUT2D eigenvalue weighted by Crippen LogP contribution is 2.36. The number of rotatable bonds is 3. The van der Waals surface area contributed by atoms with Gasteiger partial charge in [0, 0.05) is 15.9 Å². The summed E-state index contributed by atoms with van der Waals surface area (Å²) in [7, 11) is 0. The zero-order valence-electron chi connectivity index (χ0n) is 10.8. The van der Waals surface area contributed by atoms with Crippen LogP contribution in [0.2, 0.25) is 15.1 Å². The van der Waals surface area contributed by atoms with E-state index >= 15 is 0 Å². The van der Waals surface area contributed by atoms with E-state index in [4.69, 9.17) is 39.5 Å². The molecule has 0 spiro atoms. The number of nitrogens with one attached hydrogen (secondary N) is 1. The average Bonchev–Trinajstić information content (AvgIpc) is 2.86. The lowest BCUT2D eigenvalue weighted by molar-refractivity contribution is 0.246. The van der Waals surface area contributed by atoms with Crippen LogP contribution >= 0.6 is 50.7 Å². The average molecular weight is 408 g/mol. The summed E-state index contributed by atoms with van der Waals surface area (Å²) in [5.74, 6) is 0.895. The van der Waals surface area contributed by atoms with E-state index in [2.05, 4.69) is 21.2 Å². The first kappa shape index (κ1) is 15.3. The predicted molar refractivity (Wildman–Crippen MR) is 92.2 cm³/mol. The largest absolute Gasteiger partial charge is 0.488 e. The van der Waals surface area contributed by atoms with Crippen molar-refractivity contribution < 1.29 is 4.74 Å². The molecule has 1 unspecified atom stereocenters. The third-order valence-electron chi connectivity index (χ3n) is 3.32. The Balaban J connectivity index is 1.66. The molecule has 1 aliphatic heterocycles. The fraction of sp³-hybridized carbons (Fsp3) is 0.200. The highest BCUT2D eigenvalue weighted by Gasteiger charge is 2.23. The third kappa shape index (κ3) is 3.26. The standard InChI is InChI=1S/C15H11BrCl3NO/c16-11-2-3-12(15(19)14(11)18)20-7-10-6-8-5-9(17)1-4-13(8)21-10/h1-5,10,20H,6-7H2. The first-order chi connectivity index (χ1) is 10.0. The molecule has 1 heterocycles. The number of hydrogen-bond acceptors (Lipinski definition) is 2. The van der Waals surface area contributed by atoms with E-state index in [1.165, 1.54) is 0 Å². The van der Waals surface area contributed by atoms with Gasteiger partial charge in [-0.3, -0.25) is 0 Å². The summed E-state index contributed by atoms with van der Waals surface area (Å²) >= 11 is 21.6. The van der Waals surface area contributed by atoms with Gasteiger partial charge in [-0.15, -0.1) is 0 Å². The Hall–Kier alpha value is -0.610. The van der Waals surface area contributed by atoms with Crippen LogP contribution in [0, 0.1) is 0 Å². The van der Waals surface area contributed by atoms with Crippen molar-refractivity contribution in [2.24, 2.45) is 0 Å². The maximum Gasteiger partial charge on any atom is 0.123 e. The van der Waals surface area contributed by atoms with Crippen LogP contribution in [0.15, 0.2) is 34.8 Å². The molecule has 2 aromatic rings. The van der Waals surface area contributed by atoms with Crippen molar-refractivity contribution in [1.82, 2.24) is 0 Å². The molecule has 1 aliphatic rings. The van der Waals surface area contributed by atoms with Crippen molar-refractivity contribution in [2.75, 3.05) is 11.9 Å². The second-order valence-corrected chi connectivity index (χ2v) is 6.85. The van der Waals surface area contributed by atoms with Crippen LogP contribution in [0.1, 0.15) is 5.56 Å². The van der Waals surface area contributed by atoms with E-state index in [9.17, 15) is 0 Å². The summed E-state index contributed by atoms with van der Waals surface area (Å²) in [6, 6.07) is 9.43. The molecule has 0 aromatic heterocycles. The lowest BCUT2D eigenvalue weighted by atomic mass is 10.1. The van der Waals surface area contributed by atoms with Gasteiger partial charge < -0.3 is 10.1 Å². The quantitative estimate of drug-likeness (QED) is 0.647. The number of ether oxygens (including phenoxy) is 1. The van der Waals surface area contributed by atoms with Gasteiger partial charge in [-0.25, -0.2) is 0 Å². The summed E-state index contributed by atoms with van der Waals surface area (Å²) in [5.41, 5.74) is 1.93. The normalized spacial score (nSPS) is 16.5. The van der Waals surface area contributed by atoms with Gasteiger partial charge in [-0.05, 0) is 51.8 Å². The lowest BCUT2D eigenvalue weighted by Gasteiger charge is -2.14. The van der Waals surface area contributed by atoms with Gasteiger partial charge in [0.15, 0.2) is 0 Å². The Morgan fingerprint density at radius 2 is 1.95 bits per heavy atom. The van der Waals surface area contributed by atoms with Gasteiger partial charge in [-0.2, -0.15) is 0 Å². The Morgan fingerprint density at radius 1 is 1.14 bits per heavy atom. The Morgan fingerprint density at radius 3 is 2.76 bits per heavy atom. The first-order valence-electron chi connectivity index (χ1n) is 6.37. The van der Waals surface area contributed by atoms with Crippen molar-refractivity contribution in [3.8, 4) is 5.75 Å². The second kappa shape index (κ2) is 6.25. The zero-order valence-corrected chi connectivity index (χ0v) is 14.7. The molecule has 6 heteroatoms. The van der Waals surface area contributed by atoms with Crippen LogP contribution in [0.4, 0.5) is 5.69 Å². The molecule has 0 saturated carbocycles. The smallest absolute Gasteiger partial charge is 0.123 e. The van der Waals surface area contributed by atoms with Gasteiger partial charge in [0.25, 0.3) is 0 Å². The maximum atomic E-state index is 6.21. The van der Waals surface area contributed by atoms with Crippen LogP contribution < -0.4 is 10.1 Å². The van der Waals surface area contributed by atoms with Crippen LogP contribution in [0.5, 0.6) is 5.75 Å². The fourth-order valence-corrected chi connectivity index (χ4v) is 3.32. The number of fused-ring (bicyclic) bond motifs is 1. The minimum absolute atomic E-state index is 0.0527. The molecule has 0 fully saturated rings. The van der Waals surface area contributed by atoms with Crippen LogP contribution in [-0.2, 0) is 6.42 Å². The molecule has 2 nitrogen and oxygen atoms in total. The Kier molecular flexibility index (Phi) is 4.55. The molecule has 0 bridgehead atoms. The highest BCUT2D eigenvalue weighted by atomic mass is 79.9. The maximum absolute atomic E-state index is 6.21. The summed E-state index contributed by atoms with van der Waals surface area (Å²) in [4.78, 5) is 0. The molecule has 0 radical (unpaired) electrons. The lowest BCUT2D eigenvalue weighted by Crippen LogP contribution is -2.24. The predicted octanol–water partition coefficient (Wildman–Crippen LogP) is 5.82. The molecule has 1 atom stereocenters. The van der Waals surface area contributed by atoms with E-state index in [1.807, 2.05) is 30.3 Å². The molecular formula is C15H11BrCl3NO. The SMILES string of the molecule is Clc1ccc2c(c1)CC(CNc1ccc(Br)c(Cl)c1Cl)O2. The van der Waals surface area contributed by atoms with E-state index in [1.54, 1.807) is 0 Å². The van der Waals surface area contributed by atoms with Crippen molar-refractivity contribution in [3.63, 3.8) is 0 Å². The molecule has 0 saturated heterocycles. The van der Waals surface area contributed by atoms with Crippen molar-refractivity contribution in [2.45, 2.75) is 12.5 Å². The number of anilines is 1. The summed E-state index contributed by atoms with van der Waals surface area (Å²) in [6.45, 7) is 0.643. The minimum atomic E-state index is 0.0527. The molecule has 1 N–H and O–H groups in total. The highest BCUT2D eigenvalue weighted by molar-refractivity contribution is 9.10. The van der Waals surface area contributed by atoms with Gasteiger partial charge in [0.2, 0.25) is 0 Å². The fourth-order valence-electron chi connectivity index (χ4n) is 2.29. The molecule has 0 aliphatic carbocycles. The van der Waals surface area contributed by atoms with Gasteiger partial charge in [0.05, 0.1) is 22.3 Å². The topological polar surface area (TPSA) is 21.3 Å². The van der Waals surface area contributed by atoms with Crippen molar-refractivity contribution in [1.29, 1.82) is 0 Å². The van der Waals surface area contributed by atoms with E-state index in [-0.39, 0.29) is 6.10 Å². The van der Waals surface area contributed by atoms with Crippen molar-refractivity contribution >= 4 is 56.4 Å². The summed E-state index contributed by atoms with van der Waals surface area (Å²) in [5, 5.41) is 5.02. The summed E-state index contributed by atoms with van der Waals surface area (Å²) in [6.07, 6.45) is 0.877.